The van der Waals surface area contributed by atoms with Crippen molar-refractivity contribution in [1.29, 1.82) is 0 Å². The first-order valence-corrected chi connectivity index (χ1v) is 9.06. The minimum absolute atomic E-state index is 0. The van der Waals surface area contributed by atoms with Crippen LogP contribution in [0.15, 0.2) is 36.5 Å². The predicted molar refractivity (Wildman–Crippen MR) is 118 cm³/mol. The molecule has 1 aromatic carbocycles. The number of hydrogen-bond acceptors (Lipinski definition) is 7. The van der Waals surface area contributed by atoms with Crippen LogP contribution in [0.3, 0.4) is 0 Å². The van der Waals surface area contributed by atoms with Gasteiger partial charge in [-0.1, -0.05) is 6.07 Å². The van der Waals surface area contributed by atoms with Crippen LogP contribution in [0.1, 0.15) is 6.42 Å². The first-order valence-electron chi connectivity index (χ1n) is 9.06. The van der Waals surface area contributed by atoms with Crippen molar-refractivity contribution in [2.24, 2.45) is 0 Å². The molecule has 0 bridgehead atoms. The predicted octanol–water partition coefficient (Wildman–Crippen LogP) is 2.39. The Hall–Kier alpha value is -2.42. The Balaban J connectivity index is 0.00000150. The Morgan fingerprint density at radius 3 is 2.52 bits per heavy atom. The zero-order chi connectivity index (χ0) is 18.6. The Morgan fingerprint density at radius 1 is 1.10 bits per heavy atom. The van der Waals surface area contributed by atoms with Gasteiger partial charge in [-0.2, -0.15) is 0 Å². The number of halogens is 2. The molecule has 1 amide bonds. The summed E-state index contributed by atoms with van der Waals surface area (Å²) in [6.45, 7) is 4.54. The quantitative estimate of drug-likeness (QED) is 0.687. The number of anilines is 3. The molecule has 0 spiro atoms. The summed E-state index contributed by atoms with van der Waals surface area (Å²) < 4.78 is 10.6. The van der Waals surface area contributed by atoms with E-state index in [0.717, 1.165) is 32.0 Å². The zero-order valence-electron chi connectivity index (χ0n) is 15.9. The van der Waals surface area contributed by atoms with E-state index < -0.39 is 0 Å². The van der Waals surface area contributed by atoms with E-state index in [1.807, 2.05) is 24.4 Å². The van der Waals surface area contributed by atoms with Crippen LogP contribution in [0.5, 0.6) is 11.5 Å². The maximum atomic E-state index is 12.3. The average Bonchev–Trinajstić information content (AvgIpc) is 3.15. The largest absolute Gasteiger partial charge is 0.454 e. The second-order valence-electron chi connectivity index (χ2n) is 6.61. The lowest BCUT2D eigenvalue weighted by atomic mass is 10.2. The third-order valence-electron chi connectivity index (χ3n) is 4.82. The van der Waals surface area contributed by atoms with Crippen LogP contribution in [0, 0.1) is 0 Å². The molecule has 0 aliphatic carbocycles. The molecule has 3 N–H and O–H groups in total. The first-order chi connectivity index (χ1) is 13.2. The Morgan fingerprint density at radius 2 is 1.83 bits per heavy atom. The van der Waals surface area contributed by atoms with Gasteiger partial charge in [0.05, 0.1) is 11.4 Å². The molecule has 1 fully saturated rings. The van der Waals surface area contributed by atoms with E-state index in [9.17, 15) is 4.79 Å². The highest BCUT2D eigenvalue weighted by Crippen LogP contribution is 2.38. The maximum absolute atomic E-state index is 12.3. The highest BCUT2D eigenvalue weighted by Gasteiger charge is 2.20. The molecule has 1 saturated heterocycles. The third kappa shape index (κ3) is 5.56. The smallest absolute Gasteiger partial charge is 0.231 e. The number of amides is 1. The number of aromatic nitrogens is 1. The molecule has 0 saturated carbocycles. The highest BCUT2D eigenvalue weighted by molar-refractivity contribution is 5.94. The van der Waals surface area contributed by atoms with E-state index in [2.05, 4.69) is 20.1 Å². The van der Waals surface area contributed by atoms with Gasteiger partial charge in [-0.15, -0.1) is 24.8 Å². The SMILES string of the molecule is Cl.Cl.Nc1cc2c(cc1NC(=O)CCN1CCN(c3ccccn3)CC1)OCO2. The second kappa shape index (κ2) is 10.4. The minimum atomic E-state index is -0.0623. The molecule has 10 heteroatoms. The van der Waals surface area contributed by atoms with Gasteiger partial charge in [0.1, 0.15) is 5.82 Å². The zero-order valence-corrected chi connectivity index (χ0v) is 17.5. The number of piperazine rings is 1. The molecule has 158 valence electrons. The number of hydrogen-bond donors (Lipinski definition) is 2. The summed E-state index contributed by atoms with van der Waals surface area (Å²) >= 11 is 0. The van der Waals surface area contributed by atoms with E-state index in [4.69, 9.17) is 15.2 Å². The number of nitrogens with zero attached hydrogens (tertiary/aromatic N) is 3. The molecule has 2 aliphatic heterocycles. The molecule has 0 unspecified atom stereocenters. The summed E-state index contributed by atoms with van der Waals surface area (Å²) in [6.07, 6.45) is 2.23. The number of nitrogens with one attached hydrogen (secondary N) is 1. The van der Waals surface area contributed by atoms with Gasteiger partial charge in [0, 0.05) is 57.5 Å². The normalized spacial score (nSPS) is 15.2. The molecule has 1 aromatic heterocycles. The van der Waals surface area contributed by atoms with Gasteiger partial charge in [-0.25, -0.2) is 4.98 Å². The monoisotopic (exact) mass is 441 g/mol. The summed E-state index contributed by atoms with van der Waals surface area (Å²) in [5, 5.41) is 2.87. The molecule has 29 heavy (non-hydrogen) atoms. The Labute approximate surface area is 182 Å². The maximum Gasteiger partial charge on any atom is 0.231 e. The summed E-state index contributed by atoms with van der Waals surface area (Å²) in [5.74, 6) is 2.15. The van der Waals surface area contributed by atoms with Crippen LogP contribution in [0.2, 0.25) is 0 Å². The fraction of sp³-hybridized carbons (Fsp3) is 0.368. The number of ether oxygens (including phenoxy) is 2. The van der Waals surface area contributed by atoms with Crippen LogP contribution in [0.4, 0.5) is 17.2 Å². The number of nitrogen functional groups attached to an aromatic ring is 1. The van der Waals surface area contributed by atoms with E-state index in [1.54, 1.807) is 12.1 Å². The van der Waals surface area contributed by atoms with Crippen molar-refractivity contribution in [2.45, 2.75) is 6.42 Å². The van der Waals surface area contributed by atoms with Gasteiger partial charge in [0.15, 0.2) is 11.5 Å². The fourth-order valence-electron chi connectivity index (χ4n) is 3.28. The molecule has 0 atom stereocenters. The van der Waals surface area contributed by atoms with Crippen molar-refractivity contribution >= 4 is 47.9 Å². The Kier molecular flexibility index (Phi) is 8.19. The van der Waals surface area contributed by atoms with Gasteiger partial charge in [-0.05, 0) is 12.1 Å². The molecular formula is C19H25Cl2N5O3. The van der Waals surface area contributed by atoms with Crippen molar-refractivity contribution in [3.05, 3.63) is 36.5 Å². The van der Waals surface area contributed by atoms with Gasteiger partial charge >= 0.3 is 0 Å². The van der Waals surface area contributed by atoms with E-state index >= 15 is 0 Å². The topological polar surface area (TPSA) is 93.0 Å². The number of carbonyl (C=O) groups is 1. The van der Waals surface area contributed by atoms with Crippen LogP contribution in [-0.2, 0) is 4.79 Å². The van der Waals surface area contributed by atoms with Crippen LogP contribution in [-0.4, -0.2) is 55.3 Å². The molecule has 8 nitrogen and oxygen atoms in total. The molecule has 4 rings (SSSR count). The van der Waals surface area contributed by atoms with Crippen molar-refractivity contribution in [1.82, 2.24) is 9.88 Å². The van der Waals surface area contributed by atoms with E-state index in [0.29, 0.717) is 35.8 Å². The third-order valence-corrected chi connectivity index (χ3v) is 4.82. The van der Waals surface area contributed by atoms with Crippen molar-refractivity contribution < 1.29 is 14.3 Å². The summed E-state index contributed by atoms with van der Waals surface area (Å²) in [7, 11) is 0. The summed E-state index contributed by atoms with van der Waals surface area (Å²) in [4.78, 5) is 21.3. The van der Waals surface area contributed by atoms with Crippen LogP contribution >= 0.6 is 24.8 Å². The molecule has 2 aromatic rings. The van der Waals surface area contributed by atoms with Gasteiger partial charge < -0.3 is 25.4 Å². The van der Waals surface area contributed by atoms with Gasteiger partial charge in [0.2, 0.25) is 12.7 Å². The minimum Gasteiger partial charge on any atom is -0.454 e. The average molecular weight is 442 g/mol. The number of fused-ring (bicyclic) bond motifs is 1. The summed E-state index contributed by atoms with van der Waals surface area (Å²) in [5.41, 5.74) is 7.01. The fourth-order valence-corrected chi connectivity index (χ4v) is 3.28. The van der Waals surface area contributed by atoms with Crippen molar-refractivity contribution in [3.63, 3.8) is 0 Å². The van der Waals surface area contributed by atoms with Crippen molar-refractivity contribution in [3.8, 4) is 11.5 Å². The number of pyridine rings is 1. The molecule has 3 heterocycles. The second-order valence-corrected chi connectivity index (χ2v) is 6.61. The molecule has 2 aliphatic rings. The van der Waals surface area contributed by atoms with Crippen molar-refractivity contribution in [2.75, 3.05) is 55.5 Å². The highest BCUT2D eigenvalue weighted by atomic mass is 35.5. The molecular weight excluding hydrogens is 417 g/mol. The van der Waals surface area contributed by atoms with Crippen LogP contribution < -0.4 is 25.4 Å². The first kappa shape index (κ1) is 22.9. The number of rotatable bonds is 5. The number of benzene rings is 1. The Bertz CT molecular complexity index is 817. The standard InChI is InChI=1S/C19H23N5O3.2ClH/c20-14-11-16-17(27-13-26-16)12-15(14)22-19(25)4-6-23-7-9-24(10-8-23)18-3-1-2-5-21-18;;/h1-3,5,11-12H,4,6-10,13,20H2,(H,22,25);2*1H. The lowest BCUT2D eigenvalue weighted by Gasteiger charge is -2.35. The van der Waals surface area contributed by atoms with Gasteiger partial charge in [-0.3, -0.25) is 9.69 Å². The van der Waals surface area contributed by atoms with E-state index in [1.165, 1.54) is 0 Å². The molecule has 0 radical (unpaired) electrons. The van der Waals surface area contributed by atoms with Gasteiger partial charge in [0.25, 0.3) is 0 Å². The number of nitrogens with two attached hydrogens (primary N) is 1. The number of carbonyl (C=O) groups excluding carboxylic acids is 1. The van der Waals surface area contributed by atoms with Crippen LogP contribution in [0.25, 0.3) is 0 Å². The van der Waals surface area contributed by atoms with E-state index in [-0.39, 0.29) is 37.5 Å². The lowest BCUT2D eigenvalue weighted by Crippen LogP contribution is -2.47. The lowest BCUT2D eigenvalue weighted by molar-refractivity contribution is -0.116. The summed E-state index contributed by atoms with van der Waals surface area (Å²) in [6, 6.07) is 9.33.